The van der Waals surface area contributed by atoms with Gasteiger partial charge in [-0.25, -0.2) is 4.98 Å². The van der Waals surface area contributed by atoms with Gasteiger partial charge in [-0.05, 0) is 51.6 Å². The molecule has 1 saturated heterocycles. The van der Waals surface area contributed by atoms with Crippen molar-refractivity contribution in [3.63, 3.8) is 0 Å². The summed E-state index contributed by atoms with van der Waals surface area (Å²) < 4.78 is 0. The minimum absolute atomic E-state index is 0. The van der Waals surface area contributed by atoms with Crippen LogP contribution in [0.15, 0.2) is 4.99 Å². The van der Waals surface area contributed by atoms with E-state index in [1.54, 1.807) is 11.3 Å². The Hall–Kier alpha value is -0.410. The second-order valence-electron chi connectivity index (χ2n) is 7.58. The number of rotatable bonds is 6. The van der Waals surface area contributed by atoms with Gasteiger partial charge in [-0.1, -0.05) is 20.8 Å². The van der Waals surface area contributed by atoms with Crippen LogP contribution in [-0.4, -0.2) is 48.6 Å². The molecule has 2 N–H and O–H groups in total. The first-order valence-electron chi connectivity index (χ1n) is 9.52. The number of hydrogen-bond acceptors (Lipinski definition) is 4. The van der Waals surface area contributed by atoms with Crippen LogP contribution in [0, 0.1) is 25.7 Å². The second-order valence-corrected chi connectivity index (χ2v) is 8.87. The molecule has 1 aliphatic rings. The van der Waals surface area contributed by atoms with Crippen molar-refractivity contribution in [2.24, 2.45) is 16.8 Å². The lowest BCUT2D eigenvalue weighted by Gasteiger charge is -2.39. The zero-order valence-electron chi connectivity index (χ0n) is 17.1. The molecule has 0 spiro atoms. The first-order chi connectivity index (χ1) is 11.9. The zero-order chi connectivity index (χ0) is 18.4. The second kappa shape index (κ2) is 11.4. The molecular weight excluding hydrogens is 457 g/mol. The minimum atomic E-state index is 0. The molecule has 0 radical (unpaired) electrons. The molecule has 0 saturated carbocycles. The van der Waals surface area contributed by atoms with E-state index in [1.807, 2.05) is 7.05 Å². The minimum Gasteiger partial charge on any atom is -0.355 e. The summed E-state index contributed by atoms with van der Waals surface area (Å²) in [7, 11) is 1.84. The average molecular weight is 494 g/mol. The molecule has 1 aromatic rings. The fraction of sp³-hybridized carbons (Fsp3) is 0.789. The zero-order valence-corrected chi connectivity index (χ0v) is 20.3. The van der Waals surface area contributed by atoms with Gasteiger partial charge in [-0.15, -0.1) is 35.3 Å². The summed E-state index contributed by atoms with van der Waals surface area (Å²) in [5.74, 6) is 2.38. The number of nitrogens with zero attached hydrogens (tertiary/aromatic N) is 3. The Morgan fingerprint density at radius 1 is 1.27 bits per heavy atom. The van der Waals surface area contributed by atoms with Gasteiger partial charge in [-0.2, -0.15) is 0 Å². The van der Waals surface area contributed by atoms with Gasteiger partial charge in [0.15, 0.2) is 5.96 Å². The highest BCUT2D eigenvalue weighted by molar-refractivity contribution is 14.0. The first kappa shape index (κ1) is 23.6. The number of piperidine rings is 1. The summed E-state index contributed by atoms with van der Waals surface area (Å²) in [4.78, 5) is 12.8. The van der Waals surface area contributed by atoms with Crippen LogP contribution in [0.25, 0.3) is 0 Å². The molecule has 0 amide bonds. The van der Waals surface area contributed by atoms with Gasteiger partial charge in [0.2, 0.25) is 0 Å². The van der Waals surface area contributed by atoms with E-state index < -0.39 is 0 Å². The molecule has 1 aliphatic heterocycles. The van der Waals surface area contributed by atoms with Gasteiger partial charge in [0.05, 0.1) is 17.2 Å². The molecule has 5 nitrogen and oxygen atoms in total. The van der Waals surface area contributed by atoms with Crippen molar-refractivity contribution >= 4 is 41.3 Å². The molecule has 1 unspecified atom stereocenters. The average Bonchev–Trinajstić information content (AvgIpc) is 2.89. The van der Waals surface area contributed by atoms with Gasteiger partial charge in [0, 0.05) is 24.5 Å². The Labute approximate surface area is 180 Å². The van der Waals surface area contributed by atoms with E-state index in [2.05, 4.69) is 60.1 Å². The molecule has 0 aliphatic carbocycles. The van der Waals surface area contributed by atoms with Crippen molar-refractivity contribution < 1.29 is 0 Å². The first-order valence-corrected chi connectivity index (χ1v) is 10.3. The van der Waals surface area contributed by atoms with Gasteiger partial charge in [-0.3, -0.25) is 9.89 Å². The Bertz CT molecular complexity index is 564. The van der Waals surface area contributed by atoms with Crippen LogP contribution in [0.5, 0.6) is 0 Å². The fourth-order valence-electron chi connectivity index (χ4n) is 3.47. The third kappa shape index (κ3) is 6.96. The van der Waals surface area contributed by atoms with E-state index >= 15 is 0 Å². The number of aryl methyl sites for hydroxylation is 2. The maximum absolute atomic E-state index is 4.49. The highest BCUT2D eigenvalue weighted by atomic mass is 127. The molecule has 1 fully saturated rings. The number of halogens is 1. The van der Waals surface area contributed by atoms with Crippen LogP contribution in [0.1, 0.15) is 49.2 Å². The van der Waals surface area contributed by atoms with E-state index in [9.17, 15) is 0 Å². The van der Waals surface area contributed by atoms with Crippen molar-refractivity contribution in [2.45, 2.75) is 60.0 Å². The number of likely N-dealkylation sites (tertiary alicyclic amines) is 1. The molecule has 1 atom stereocenters. The number of aromatic nitrogens is 1. The van der Waals surface area contributed by atoms with Crippen LogP contribution >= 0.6 is 35.3 Å². The highest BCUT2D eigenvalue weighted by Crippen LogP contribution is 2.21. The number of thiazole rings is 1. The third-order valence-corrected chi connectivity index (χ3v) is 6.25. The van der Waals surface area contributed by atoms with Crippen LogP contribution in [0.3, 0.4) is 0 Å². The number of aliphatic imine (C=N–C) groups is 1. The lowest BCUT2D eigenvalue weighted by atomic mass is 9.94. The molecule has 7 heteroatoms. The van der Waals surface area contributed by atoms with Crippen LogP contribution < -0.4 is 10.6 Å². The van der Waals surface area contributed by atoms with Crippen molar-refractivity contribution in [1.29, 1.82) is 0 Å². The van der Waals surface area contributed by atoms with Crippen LogP contribution in [0.2, 0.25) is 0 Å². The van der Waals surface area contributed by atoms with Gasteiger partial charge in [0.1, 0.15) is 0 Å². The Kier molecular flexibility index (Phi) is 10.4. The smallest absolute Gasteiger partial charge is 0.191 e. The molecule has 26 heavy (non-hydrogen) atoms. The summed E-state index contributed by atoms with van der Waals surface area (Å²) in [5, 5.41) is 8.09. The molecule has 2 heterocycles. The molecule has 150 valence electrons. The number of guanidine groups is 1. The maximum atomic E-state index is 4.49. The monoisotopic (exact) mass is 493 g/mol. The van der Waals surface area contributed by atoms with Crippen molar-refractivity contribution in [2.75, 3.05) is 26.7 Å². The summed E-state index contributed by atoms with van der Waals surface area (Å²) >= 11 is 1.75. The molecule has 1 aromatic heterocycles. The van der Waals surface area contributed by atoms with Gasteiger partial charge >= 0.3 is 0 Å². The standard InChI is InChI=1S/C19H35N5S.HI/c1-13(2)17(24-9-7-14(3)8-10-24)11-21-19(20-6)22-12-18-15(4)23-16(5)25-18;/h13-14,17H,7-12H2,1-6H3,(H2,20,21,22);1H. The number of hydrogen-bond donors (Lipinski definition) is 2. The lowest BCUT2D eigenvalue weighted by molar-refractivity contribution is 0.110. The van der Waals surface area contributed by atoms with Gasteiger partial charge < -0.3 is 10.6 Å². The van der Waals surface area contributed by atoms with Crippen molar-refractivity contribution in [3.8, 4) is 0 Å². The molecular formula is C19H36IN5S. The predicted molar refractivity (Wildman–Crippen MR) is 124 cm³/mol. The summed E-state index contributed by atoms with van der Waals surface area (Å²) in [6, 6.07) is 0.554. The van der Waals surface area contributed by atoms with E-state index in [0.717, 1.165) is 35.7 Å². The van der Waals surface area contributed by atoms with Crippen molar-refractivity contribution in [3.05, 3.63) is 15.6 Å². The Balaban J connectivity index is 0.00000338. The maximum Gasteiger partial charge on any atom is 0.191 e. The molecule has 2 rings (SSSR count). The van der Waals surface area contributed by atoms with E-state index in [1.165, 1.54) is 30.8 Å². The fourth-order valence-corrected chi connectivity index (χ4v) is 4.35. The largest absolute Gasteiger partial charge is 0.355 e. The molecule has 0 bridgehead atoms. The SMILES string of the molecule is CN=C(NCc1sc(C)nc1C)NCC(C(C)C)N1CCC(C)CC1.I. The van der Waals surface area contributed by atoms with E-state index in [4.69, 9.17) is 0 Å². The van der Waals surface area contributed by atoms with Crippen molar-refractivity contribution in [1.82, 2.24) is 20.5 Å². The van der Waals surface area contributed by atoms with E-state index in [-0.39, 0.29) is 24.0 Å². The van der Waals surface area contributed by atoms with Crippen LogP contribution in [-0.2, 0) is 6.54 Å². The Morgan fingerprint density at radius 3 is 2.42 bits per heavy atom. The summed E-state index contributed by atoms with van der Waals surface area (Å²) in [5.41, 5.74) is 1.12. The quantitative estimate of drug-likeness (QED) is 0.360. The highest BCUT2D eigenvalue weighted by Gasteiger charge is 2.25. The predicted octanol–water partition coefficient (Wildman–Crippen LogP) is 3.80. The molecule has 0 aromatic carbocycles. The lowest BCUT2D eigenvalue weighted by Crippen LogP contribution is -2.51. The topological polar surface area (TPSA) is 52.6 Å². The van der Waals surface area contributed by atoms with Crippen LogP contribution in [0.4, 0.5) is 0 Å². The summed E-state index contributed by atoms with van der Waals surface area (Å²) in [6.07, 6.45) is 2.64. The van der Waals surface area contributed by atoms with E-state index in [0.29, 0.717) is 12.0 Å². The normalized spacial score (nSPS) is 17.9. The Morgan fingerprint density at radius 2 is 1.92 bits per heavy atom. The number of nitrogens with one attached hydrogen (secondary N) is 2. The summed E-state index contributed by atoms with van der Waals surface area (Å²) in [6.45, 7) is 15.3. The third-order valence-electron chi connectivity index (χ3n) is 5.18. The van der Waals surface area contributed by atoms with Gasteiger partial charge in [0.25, 0.3) is 0 Å².